The molecule has 2 saturated heterocycles. The Morgan fingerprint density at radius 3 is 2.26 bits per heavy atom. The van der Waals surface area contributed by atoms with Crippen LogP contribution in [0.5, 0.6) is 0 Å². The van der Waals surface area contributed by atoms with Gasteiger partial charge >= 0.3 is 0 Å². The molecule has 134 valence electrons. The SMILES string of the molecule is CCNCCCN1CCC(CN2CCN(CC(C)=O)CC2)CC1. The van der Waals surface area contributed by atoms with Crippen LogP contribution < -0.4 is 5.32 Å². The lowest BCUT2D eigenvalue weighted by Gasteiger charge is -2.38. The number of piperazine rings is 1. The van der Waals surface area contributed by atoms with Crippen LogP contribution >= 0.6 is 0 Å². The van der Waals surface area contributed by atoms with Gasteiger partial charge in [-0.05, 0) is 64.8 Å². The number of hydrogen-bond donors (Lipinski definition) is 1. The lowest BCUT2D eigenvalue weighted by Crippen LogP contribution is -2.49. The maximum atomic E-state index is 11.2. The zero-order valence-corrected chi connectivity index (χ0v) is 15.2. The van der Waals surface area contributed by atoms with Gasteiger partial charge in [0.25, 0.3) is 0 Å². The largest absolute Gasteiger partial charge is 0.317 e. The molecule has 0 aromatic heterocycles. The molecule has 0 unspecified atom stereocenters. The number of nitrogens with one attached hydrogen (secondary N) is 1. The Morgan fingerprint density at radius 1 is 1.00 bits per heavy atom. The van der Waals surface area contributed by atoms with Crippen molar-refractivity contribution in [1.29, 1.82) is 0 Å². The van der Waals surface area contributed by atoms with Crippen LogP contribution in [0.1, 0.15) is 33.1 Å². The molecule has 23 heavy (non-hydrogen) atoms. The van der Waals surface area contributed by atoms with Gasteiger partial charge in [-0.25, -0.2) is 0 Å². The minimum atomic E-state index is 0.292. The minimum Gasteiger partial charge on any atom is -0.317 e. The number of ketones is 1. The Kier molecular flexibility index (Phi) is 8.51. The van der Waals surface area contributed by atoms with Gasteiger partial charge < -0.3 is 15.1 Å². The number of nitrogens with zero attached hydrogens (tertiary/aromatic N) is 3. The molecule has 2 aliphatic rings. The molecular weight excluding hydrogens is 288 g/mol. The molecule has 5 nitrogen and oxygen atoms in total. The summed E-state index contributed by atoms with van der Waals surface area (Å²) in [5.41, 5.74) is 0. The van der Waals surface area contributed by atoms with E-state index in [0.717, 1.165) is 45.2 Å². The van der Waals surface area contributed by atoms with Crippen molar-refractivity contribution in [3.63, 3.8) is 0 Å². The lowest BCUT2D eigenvalue weighted by atomic mass is 9.95. The standard InChI is InChI=1S/C18H36N4O/c1-3-19-7-4-8-20-9-5-18(6-10-20)16-22-13-11-21(12-14-22)15-17(2)23/h18-19H,3-16H2,1-2H3. The third-order valence-corrected chi connectivity index (χ3v) is 5.21. The van der Waals surface area contributed by atoms with Crippen LogP contribution in [0.15, 0.2) is 0 Å². The number of piperidine rings is 1. The maximum Gasteiger partial charge on any atom is 0.143 e. The highest BCUT2D eigenvalue weighted by Crippen LogP contribution is 2.19. The second-order valence-electron chi connectivity index (χ2n) is 7.27. The predicted molar refractivity (Wildman–Crippen MR) is 95.9 cm³/mol. The molecule has 2 heterocycles. The zero-order valence-electron chi connectivity index (χ0n) is 15.2. The van der Waals surface area contributed by atoms with Gasteiger partial charge in [-0.3, -0.25) is 9.69 Å². The van der Waals surface area contributed by atoms with Gasteiger partial charge in [0.15, 0.2) is 0 Å². The van der Waals surface area contributed by atoms with Crippen LogP contribution in [-0.4, -0.2) is 92.5 Å². The van der Waals surface area contributed by atoms with Crippen molar-refractivity contribution in [2.24, 2.45) is 5.92 Å². The fourth-order valence-electron chi connectivity index (χ4n) is 3.81. The van der Waals surface area contributed by atoms with Crippen molar-refractivity contribution in [3.8, 4) is 0 Å². The summed E-state index contributed by atoms with van der Waals surface area (Å²) >= 11 is 0. The second kappa shape index (κ2) is 10.4. The normalized spacial score (nSPS) is 22.5. The molecule has 0 atom stereocenters. The quantitative estimate of drug-likeness (QED) is 0.638. The Labute approximate surface area is 142 Å². The van der Waals surface area contributed by atoms with Crippen molar-refractivity contribution in [1.82, 2.24) is 20.0 Å². The molecule has 0 saturated carbocycles. The second-order valence-corrected chi connectivity index (χ2v) is 7.27. The summed E-state index contributed by atoms with van der Waals surface area (Å²) in [6, 6.07) is 0. The van der Waals surface area contributed by atoms with E-state index in [4.69, 9.17) is 0 Å². The Morgan fingerprint density at radius 2 is 1.65 bits per heavy atom. The van der Waals surface area contributed by atoms with Gasteiger partial charge in [0.2, 0.25) is 0 Å². The summed E-state index contributed by atoms with van der Waals surface area (Å²) in [6.07, 6.45) is 3.99. The Balaban J connectivity index is 1.55. The minimum absolute atomic E-state index is 0.292. The smallest absolute Gasteiger partial charge is 0.143 e. The molecule has 0 bridgehead atoms. The topological polar surface area (TPSA) is 38.8 Å². The number of Topliss-reactive ketones (excluding diaryl/α,β-unsaturated/α-hetero) is 1. The van der Waals surface area contributed by atoms with Gasteiger partial charge in [-0.15, -0.1) is 0 Å². The first-order valence-electron chi connectivity index (χ1n) is 9.54. The van der Waals surface area contributed by atoms with Crippen LogP contribution in [0.3, 0.4) is 0 Å². The summed E-state index contributed by atoms with van der Waals surface area (Å²) < 4.78 is 0. The molecule has 2 fully saturated rings. The van der Waals surface area contributed by atoms with Crippen LogP contribution in [-0.2, 0) is 4.79 Å². The van der Waals surface area contributed by atoms with Crippen molar-refractivity contribution < 1.29 is 4.79 Å². The fourth-order valence-corrected chi connectivity index (χ4v) is 3.81. The first-order chi connectivity index (χ1) is 11.2. The van der Waals surface area contributed by atoms with E-state index in [1.165, 1.54) is 45.4 Å². The van der Waals surface area contributed by atoms with Gasteiger partial charge in [-0.1, -0.05) is 6.92 Å². The third kappa shape index (κ3) is 7.29. The van der Waals surface area contributed by atoms with E-state index < -0.39 is 0 Å². The van der Waals surface area contributed by atoms with Gasteiger partial charge in [0.1, 0.15) is 5.78 Å². The number of likely N-dealkylation sites (tertiary alicyclic amines) is 1. The molecule has 5 heteroatoms. The van der Waals surface area contributed by atoms with Gasteiger partial charge in [0, 0.05) is 32.7 Å². The first-order valence-corrected chi connectivity index (χ1v) is 9.54. The predicted octanol–water partition coefficient (Wildman–Crippen LogP) is 0.905. The molecule has 0 spiro atoms. The van der Waals surface area contributed by atoms with E-state index >= 15 is 0 Å². The van der Waals surface area contributed by atoms with E-state index in [2.05, 4.69) is 26.9 Å². The molecule has 0 aromatic carbocycles. The van der Waals surface area contributed by atoms with E-state index in [-0.39, 0.29) is 0 Å². The van der Waals surface area contributed by atoms with E-state index in [1.54, 1.807) is 6.92 Å². The van der Waals surface area contributed by atoms with Crippen molar-refractivity contribution in [2.45, 2.75) is 33.1 Å². The Hall–Kier alpha value is -0.490. The summed E-state index contributed by atoms with van der Waals surface area (Å²) in [4.78, 5) is 18.7. The highest BCUT2D eigenvalue weighted by Gasteiger charge is 2.23. The summed E-state index contributed by atoms with van der Waals surface area (Å²) in [5.74, 6) is 1.17. The summed E-state index contributed by atoms with van der Waals surface area (Å²) in [7, 11) is 0. The molecule has 0 radical (unpaired) electrons. The summed E-state index contributed by atoms with van der Waals surface area (Å²) in [5, 5.41) is 3.41. The fraction of sp³-hybridized carbons (Fsp3) is 0.944. The van der Waals surface area contributed by atoms with Crippen molar-refractivity contribution in [2.75, 3.05) is 72.0 Å². The molecule has 2 rings (SSSR count). The van der Waals surface area contributed by atoms with Gasteiger partial charge in [0.05, 0.1) is 6.54 Å². The highest BCUT2D eigenvalue weighted by atomic mass is 16.1. The zero-order chi connectivity index (χ0) is 16.5. The average molecular weight is 325 g/mol. The van der Waals surface area contributed by atoms with Crippen LogP contribution in [0.4, 0.5) is 0 Å². The van der Waals surface area contributed by atoms with E-state index in [9.17, 15) is 4.79 Å². The van der Waals surface area contributed by atoms with Crippen molar-refractivity contribution in [3.05, 3.63) is 0 Å². The third-order valence-electron chi connectivity index (χ3n) is 5.21. The van der Waals surface area contributed by atoms with Gasteiger partial charge in [-0.2, -0.15) is 0 Å². The molecular formula is C18H36N4O. The van der Waals surface area contributed by atoms with Crippen LogP contribution in [0.25, 0.3) is 0 Å². The maximum absolute atomic E-state index is 11.2. The lowest BCUT2D eigenvalue weighted by molar-refractivity contribution is -0.118. The monoisotopic (exact) mass is 324 g/mol. The summed E-state index contributed by atoms with van der Waals surface area (Å²) in [6.45, 7) is 16.2. The van der Waals surface area contributed by atoms with Crippen molar-refractivity contribution >= 4 is 5.78 Å². The number of hydrogen-bond acceptors (Lipinski definition) is 5. The molecule has 1 N–H and O–H groups in total. The molecule has 0 aliphatic carbocycles. The molecule has 2 aliphatic heterocycles. The van der Waals surface area contributed by atoms with Crippen LogP contribution in [0, 0.1) is 5.92 Å². The first kappa shape index (κ1) is 18.8. The molecule has 0 amide bonds. The van der Waals surface area contributed by atoms with Crippen LogP contribution in [0.2, 0.25) is 0 Å². The van der Waals surface area contributed by atoms with E-state index in [0.29, 0.717) is 12.3 Å². The number of carbonyl (C=O) groups excluding carboxylic acids is 1. The molecule has 0 aromatic rings. The number of carbonyl (C=O) groups is 1. The highest BCUT2D eigenvalue weighted by molar-refractivity contribution is 5.77. The Bertz CT molecular complexity index is 334. The average Bonchev–Trinajstić information content (AvgIpc) is 2.54. The number of rotatable bonds is 9. The van der Waals surface area contributed by atoms with E-state index in [1.807, 2.05) is 0 Å².